The van der Waals surface area contributed by atoms with Crippen molar-refractivity contribution in [2.75, 3.05) is 4.90 Å². The lowest BCUT2D eigenvalue weighted by Crippen LogP contribution is -2.28. The van der Waals surface area contributed by atoms with Crippen molar-refractivity contribution in [1.29, 1.82) is 0 Å². The van der Waals surface area contributed by atoms with E-state index in [4.69, 9.17) is 9.47 Å². The van der Waals surface area contributed by atoms with Crippen LogP contribution < -0.4 is 14.4 Å². The lowest BCUT2D eigenvalue weighted by atomic mass is 9.68. The van der Waals surface area contributed by atoms with E-state index in [-0.39, 0.29) is 0 Å². The van der Waals surface area contributed by atoms with E-state index in [1.54, 1.807) is 0 Å². The highest BCUT2D eigenvalue weighted by Crippen LogP contribution is 2.62. The summed E-state index contributed by atoms with van der Waals surface area (Å²) in [6, 6.07) is 66.9. The molecule has 4 heteroatoms. The third-order valence-electron chi connectivity index (χ3n) is 10.8. The van der Waals surface area contributed by atoms with Crippen molar-refractivity contribution in [2.45, 2.75) is 5.41 Å². The predicted octanol–water partition coefficient (Wildman–Crippen LogP) is 13.8. The Kier molecular flexibility index (Phi) is 6.64. The molecule has 2 heterocycles. The summed E-state index contributed by atoms with van der Waals surface area (Å²) in [7, 11) is 0. The van der Waals surface area contributed by atoms with Crippen LogP contribution in [0.4, 0.5) is 17.1 Å². The third kappa shape index (κ3) is 4.46. The molecule has 0 radical (unpaired) electrons. The zero-order valence-electron chi connectivity index (χ0n) is 28.6. The van der Waals surface area contributed by atoms with Crippen molar-refractivity contribution in [3.05, 3.63) is 210 Å². The van der Waals surface area contributed by atoms with E-state index >= 15 is 0 Å². The Balaban J connectivity index is 1.05. The van der Waals surface area contributed by atoms with Gasteiger partial charge in [0.05, 0.1) is 11.1 Å². The summed E-state index contributed by atoms with van der Waals surface area (Å²) in [5.74, 6) is 2.83. The first-order chi connectivity index (χ1) is 26.3. The van der Waals surface area contributed by atoms with Crippen molar-refractivity contribution in [3.8, 4) is 34.1 Å². The van der Waals surface area contributed by atoms with Crippen LogP contribution in [-0.2, 0) is 5.41 Å². The predicted molar refractivity (Wildman–Crippen MR) is 218 cm³/mol. The molecule has 0 saturated heterocycles. The molecule has 9 aromatic rings. The fraction of sp³-hybridized carbons (Fsp3) is 0.0204. The van der Waals surface area contributed by atoms with Crippen LogP contribution in [0.2, 0.25) is 0 Å². The van der Waals surface area contributed by atoms with Crippen molar-refractivity contribution in [3.63, 3.8) is 0 Å². The van der Waals surface area contributed by atoms with Gasteiger partial charge in [-0.3, -0.25) is 0 Å². The molecule has 0 unspecified atom stereocenters. The van der Waals surface area contributed by atoms with Crippen LogP contribution >= 0.6 is 11.3 Å². The molecule has 0 bridgehead atoms. The van der Waals surface area contributed by atoms with Gasteiger partial charge in [0.15, 0.2) is 23.0 Å². The second kappa shape index (κ2) is 11.7. The van der Waals surface area contributed by atoms with E-state index < -0.39 is 5.41 Å². The minimum absolute atomic E-state index is 0.512. The number of ether oxygens (including phenoxy) is 2. The average molecular weight is 698 g/mol. The molecule has 53 heavy (non-hydrogen) atoms. The van der Waals surface area contributed by atoms with Crippen molar-refractivity contribution in [1.82, 2.24) is 0 Å². The lowest BCUT2D eigenvalue weighted by molar-refractivity contribution is 0.360. The molecular formula is C49H31NO2S. The number of hydrogen-bond donors (Lipinski definition) is 0. The largest absolute Gasteiger partial charge is 0.449 e. The smallest absolute Gasteiger partial charge is 0.178 e. The summed E-state index contributed by atoms with van der Waals surface area (Å²) in [6.45, 7) is 0. The highest BCUT2D eigenvalue weighted by Gasteiger charge is 2.48. The zero-order chi connectivity index (χ0) is 34.9. The molecule has 1 aliphatic heterocycles. The normalized spacial score (nSPS) is 13.4. The lowest BCUT2D eigenvalue weighted by Gasteiger charge is -2.34. The van der Waals surface area contributed by atoms with Crippen LogP contribution in [0.15, 0.2) is 188 Å². The number of anilines is 3. The number of para-hydroxylation sites is 1. The standard InChI is InChI=1S/C49H31NO2S/c1-4-14-32(15-5-1)49(33-16-6-2-7-17-33)40-22-12-10-21-38(40)47-41(49)26-28-43-48(47)52-42-27-24-36(31-44(42)51-43)50(34-18-8-3-9-19-34)35-25-29-46-39(30-35)37-20-11-13-23-45(37)53-46/h1-31H. The minimum Gasteiger partial charge on any atom is -0.449 e. The first kappa shape index (κ1) is 30.0. The van der Waals surface area contributed by atoms with Gasteiger partial charge >= 0.3 is 0 Å². The second-order valence-electron chi connectivity index (χ2n) is 13.6. The molecule has 0 fully saturated rings. The van der Waals surface area contributed by atoms with Gasteiger partial charge in [0.25, 0.3) is 0 Å². The molecule has 0 atom stereocenters. The molecule has 1 aromatic heterocycles. The van der Waals surface area contributed by atoms with Crippen LogP contribution in [0.1, 0.15) is 22.3 Å². The number of hydrogen-bond acceptors (Lipinski definition) is 4. The van der Waals surface area contributed by atoms with Crippen LogP contribution in [-0.4, -0.2) is 0 Å². The average Bonchev–Trinajstić information content (AvgIpc) is 3.75. The van der Waals surface area contributed by atoms with Gasteiger partial charge in [-0.15, -0.1) is 11.3 Å². The maximum atomic E-state index is 6.94. The maximum absolute atomic E-state index is 6.94. The minimum atomic E-state index is -0.512. The molecule has 0 amide bonds. The maximum Gasteiger partial charge on any atom is 0.178 e. The van der Waals surface area contributed by atoms with E-state index in [9.17, 15) is 0 Å². The fourth-order valence-electron chi connectivity index (χ4n) is 8.57. The highest BCUT2D eigenvalue weighted by atomic mass is 32.1. The molecular weight excluding hydrogens is 667 g/mol. The quantitative estimate of drug-likeness (QED) is 0.179. The summed E-state index contributed by atoms with van der Waals surface area (Å²) >= 11 is 1.83. The van der Waals surface area contributed by atoms with Crippen LogP contribution in [0, 0.1) is 0 Å². The molecule has 2 aliphatic rings. The summed E-state index contributed by atoms with van der Waals surface area (Å²) in [4.78, 5) is 2.29. The summed E-state index contributed by atoms with van der Waals surface area (Å²) in [5.41, 5.74) is 9.70. The van der Waals surface area contributed by atoms with Crippen molar-refractivity contribution < 1.29 is 9.47 Å². The molecule has 250 valence electrons. The third-order valence-corrected chi connectivity index (χ3v) is 11.9. The van der Waals surface area contributed by atoms with E-state index in [0.29, 0.717) is 17.2 Å². The van der Waals surface area contributed by atoms with Gasteiger partial charge in [-0.05, 0) is 82.4 Å². The number of rotatable bonds is 5. The van der Waals surface area contributed by atoms with Gasteiger partial charge in [-0.2, -0.15) is 0 Å². The monoisotopic (exact) mass is 697 g/mol. The number of benzene rings is 8. The van der Waals surface area contributed by atoms with Gasteiger partial charge in [0, 0.05) is 43.2 Å². The van der Waals surface area contributed by atoms with Crippen LogP contribution in [0.5, 0.6) is 23.0 Å². The Morgan fingerprint density at radius 3 is 1.83 bits per heavy atom. The van der Waals surface area contributed by atoms with E-state index in [1.807, 2.05) is 17.4 Å². The number of fused-ring (bicyclic) bond motifs is 9. The van der Waals surface area contributed by atoms with E-state index in [2.05, 4.69) is 187 Å². The van der Waals surface area contributed by atoms with Gasteiger partial charge < -0.3 is 14.4 Å². The highest BCUT2D eigenvalue weighted by molar-refractivity contribution is 7.25. The van der Waals surface area contributed by atoms with Crippen molar-refractivity contribution >= 4 is 48.6 Å². The fourth-order valence-corrected chi connectivity index (χ4v) is 9.66. The molecule has 11 rings (SSSR count). The van der Waals surface area contributed by atoms with Gasteiger partial charge in [0.1, 0.15) is 0 Å². The topological polar surface area (TPSA) is 21.7 Å². The first-order valence-electron chi connectivity index (χ1n) is 17.9. The molecule has 1 aliphatic carbocycles. The molecule has 0 saturated carbocycles. The van der Waals surface area contributed by atoms with Crippen molar-refractivity contribution in [2.24, 2.45) is 0 Å². The Bertz CT molecular complexity index is 2810. The molecule has 0 N–H and O–H groups in total. The Morgan fingerprint density at radius 1 is 0.415 bits per heavy atom. The Labute approximate surface area is 311 Å². The summed E-state index contributed by atoms with van der Waals surface area (Å²) < 4.78 is 16.3. The zero-order valence-corrected chi connectivity index (χ0v) is 29.4. The Morgan fingerprint density at radius 2 is 1.04 bits per heavy atom. The van der Waals surface area contributed by atoms with Crippen LogP contribution in [0.25, 0.3) is 31.3 Å². The summed E-state index contributed by atoms with van der Waals surface area (Å²) in [6.07, 6.45) is 0. The summed E-state index contributed by atoms with van der Waals surface area (Å²) in [5, 5.41) is 2.53. The van der Waals surface area contributed by atoms with Gasteiger partial charge in [-0.1, -0.05) is 127 Å². The first-order valence-corrected chi connectivity index (χ1v) is 18.7. The molecule has 0 spiro atoms. The second-order valence-corrected chi connectivity index (χ2v) is 14.7. The SMILES string of the molecule is c1ccc(N(c2ccc3c(c2)Oc2ccc4c(c2O3)-c2ccccc2C4(c2ccccc2)c2ccccc2)c2ccc3sc4ccccc4c3c2)cc1. The van der Waals surface area contributed by atoms with Gasteiger partial charge in [-0.25, -0.2) is 0 Å². The van der Waals surface area contributed by atoms with E-state index in [0.717, 1.165) is 33.9 Å². The van der Waals surface area contributed by atoms with Crippen LogP contribution in [0.3, 0.4) is 0 Å². The molecule has 8 aromatic carbocycles. The van der Waals surface area contributed by atoms with E-state index in [1.165, 1.54) is 42.4 Å². The number of thiophene rings is 1. The van der Waals surface area contributed by atoms with Gasteiger partial charge in [0.2, 0.25) is 0 Å². The molecule has 3 nitrogen and oxygen atoms in total. The Hall–Kier alpha value is -6.62. The number of nitrogens with zero attached hydrogens (tertiary/aromatic N) is 1.